The van der Waals surface area contributed by atoms with Crippen LogP contribution in [0.5, 0.6) is 11.5 Å². The van der Waals surface area contributed by atoms with Crippen molar-refractivity contribution in [2.24, 2.45) is 5.92 Å². The van der Waals surface area contributed by atoms with Gasteiger partial charge in [0.05, 0.1) is 17.7 Å². The van der Waals surface area contributed by atoms with Crippen molar-refractivity contribution in [1.29, 1.82) is 0 Å². The molecule has 178 valence electrons. The van der Waals surface area contributed by atoms with Gasteiger partial charge in [0, 0.05) is 35.7 Å². The number of phenols is 1. The summed E-state index contributed by atoms with van der Waals surface area (Å²) in [5.74, 6) is -1.54. The molecule has 1 aliphatic heterocycles. The molecule has 0 radical (unpaired) electrons. The summed E-state index contributed by atoms with van der Waals surface area (Å²) in [6, 6.07) is 13.2. The fourth-order valence-corrected chi connectivity index (χ4v) is 5.13. The lowest BCUT2D eigenvalue weighted by atomic mass is 9.71. The van der Waals surface area contributed by atoms with Gasteiger partial charge in [-0.3, -0.25) is 9.59 Å². The van der Waals surface area contributed by atoms with Gasteiger partial charge in [0.1, 0.15) is 5.92 Å². The lowest BCUT2D eigenvalue weighted by molar-refractivity contribution is -0.147. The molecule has 0 bridgehead atoms. The molecule has 0 amide bonds. The highest BCUT2D eigenvalue weighted by Crippen LogP contribution is 2.47. The average Bonchev–Trinajstić information content (AvgIpc) is 2.82. The number of Topliss-reactive ketones (excluding diaryl/α,β-unsaturated/α-hetero) is 1. The fourth-order valence-electron chi connectivity index (χ4n) is 4.67. The Bertz CT molecular complexity index is 1140. The Morgan fingerprint density at radius 2 is 2.00 bits per heavy atom. The molecule has 0 saturated carbocycles. The molecule has 4 rings (SSSR count). The molecule has 1 aliphatic carbocycles. The van der Waals surface area contributed by atoms with Crippen LogP contribution in [0.15, 0.2) is 70.5 Å². The van der Waals surface area contributed by atoms with E-state index in [0.717, 1.165) is 17.7 Å². The van der Waals surface area contributed by atoms with E-state index in [4.69, 9.17) is 9.47 Å². The van der Waals surface area contributed by atoms with Gasteiger partial charge in [-0.05, 0) is 59.0 Å². The number of carbonyl (C=O) groups is 2. The Kier molecular flexibility index (Phi) is 7.41. The van der Waals surface area contributed by atoms with Gasteiger partial charge in [-0.15, -0.1) is 0 Å². The number of allylic oxidation sites excluding steroid dienone is 2. The van der Waals surface area contributed by atoms with Crippen LogP contribution >= 0.6 is 15.9 Å². The van der Waals surface area contributed by atoms with Crippen molar-refractivity contribution in [2.45, 2.75) is 38.5 Å². The normalized spacial score (nSPS) is 19.9. The van der Waals surface area contributed by atoms with Gasteiger partial charge in [0.15, 0.2) is 17.3 Å². The predicted molar refractivity (Wildman–Crippen MR) is 132 cm³/mol. The van der Waals surface area contributed by atoms with E-state index in [2.05, 4.69) is 27.8 Å². The van der Waals surface area contributed by atoms with Crippen molar-refractivity contribution >= 4 is 27.7 Å². The highest BCUT2D eigenvalue weighted by molar-refractivity contribution is 9.10. The van der Waals surface area contributed by atoms with Crippen LogP contribution in [0.25, 0.3) is 0 Å². The standard InChI is InChI=1S/C27H28BrNO5/c1-3-33-22-15-18(14-19(28)26(22)31)24-23(16(2)29-20-10-7-11-21(30)25(20)24)27(32)34-13-12-17-8-5-4-6-9-17/h4-6,8-9,14-15,23-24,29,31H,2-3,7,10-13H2,1H3. The third-order valence-corrected chi connectivity index (χ3v) is 6.83. The van der Waals surface area contributed by atoms with E-state index in [0.29, 0.717) is 47.2 Å². The number of halogens is 1. The maximum absolute atomic E-state index is 13.4. The highest BCUT2D eigenvalue weighted by atomic mass is 79.9. The molecule has 0 fully saturated rings. The first kappa shape index (κ1) is 24.1. The molecule has 2 unspecified atom stereocenters. The largest absolute Gasteiger partial charge is 0.503 e. The van der Waals surface area contributed by atoms with Crippen LogP contribution in [-0.2, 0) is 20.7 Å². The number of rotatable bonds is 7. The molecular weight excluding hydrogens is 498 g/mol. The van der Waals surface area contributed by atoms with Crippen molar-refractivity contribution < 1.29 is 24.2 Å². The summed E-state index contributed by atoms with van der Waals surface area (Å²) in [7, 11) is 0. The summed E-state index contributed by atoms with van der Waals surface area (Å²) in [5.41, 5.74) is 3.66. The maximum Gasteiger partial charge on any atom is 0.315 e. The number of ketones is 1. The fraction of sp³-hybridized carbons (Fsp3) is 0.333. The van der Waals surface area contributed by atoms with E-state index in [9.17, 15) is 14.7 Å². The Balaban J connectivity index is 1.70. The van der Waals surface area contributed by atoms with Crippen LogP contribution in [0.3, 0.4) is 0 Å². The van der Waals surface area contributed by atoms with Crippen LogP contribution in [0.1, 0.15) is 43.2 Å². The van der Waals surface area contributed by atoms with Crippen LogP contribution < -0.4 is 10.1 Å². The number of nitrogens with one attached hydrogen (secondary N) is 1. The smallest absolute Gasteiger partial charge is 0.315 e. The molecule has 0 aromatic heterocycles. The molecule has 1 heterocycles. The van der Waals surface area contributed by atoms with E-state index >= 15 is 0 Å². The first-order chi connectivity index (χ1) is 16.4. The second kappa shape index (κ2) is 10.5. The van der Waals surface area contributed by atoms with Gasteiger partial charge in [-0.2, -0.15) is 0 Å². The number of aromatic hydroxyl groups is 1. The summed E-state index contributed by atoms with van der Waals surface area (Å²) in [6.07, 6.45) is 2.48. The number of hydrogen-bond acceptors (Lipinski definition) is 6. The van der Waals surface area contributed by atoms with Gasteiger partial charge in [0.2, 0.25) is 0 Å². The third-order valence-electron chi connectivity index (χ3n) is 6.23. The lowest BCUT2D eigenvalue weighted by Crippen LogP contribution is -2.41. The Morgan fingerprint density at radius 3 is 2.74 bits per heavy atom. The van der Waals surface area contributed by atoms with Crippen molar-refractivity contribution in [2.75, 3.05) is 13.2 Å². The molecular formula is C27H28BrNO5. The quantitative estimate of drug-likeness (QED) is 0.485. The highest BCUT2D eigenvalue weighted by Gasteiger charge is 2.44. The number of esters is 1. The molecule has 7 heteroatoms. The molecule has 0 saturated heterocycles. The Labute approximate surface area is 207 Å². The van der Waals surface area contributed by atoms with E-state index in [1.807, 2.05) is 37.3 Å². The molecule has 34 heavy (non-hydrogen) atoms. The number of hydrogen-bond donors (Lipinski definition) is 2. The zero-order valence-corrected chi connectivity index (χ0v) is 20.7. The first-order valence-corrected chi connectivity index (χ1v) is 12.3. The van der Waals surface area contributed by atoms with Gasteiger partial charge in [-0.25, -0.2) is 0 Å². The van der Waals surface area contributed by atoms with E-state index in [-0.39, 0.29) is 23.9 Å². The number of carbonyl (C=O) groups excluding carboxylic acids is 2. The SMILES string of the molecule is C=C1NC2=C(C(=O)CCC2)C(c2cc(Br)c(O)c(OCC)c2)C1C(=O)OCCc1ccccc1. The molecule has 2 N–H and O–H groups in total. The summed E-state index contributed by atoms with van der Waals surface area (Å²) in [5, 5.41) is 13.6. The first-order valence-electron chi connectivity index (χ1n) is 11.5. The third kappa shape index (κ3) is 4.89. The average molecular weight is 526 g/mol. The summed E-state index contributed by atoms with van der Waals surface area (Å²) in [4.78, 5) is 26.5. The van der Waals surface area contributed by atoms with Crippen LogP contribution in [0.4, 0.5) is 0 Å². The van der Waals surface area contributed by atoms with Crippen LogP contribution in [-0.4, -0.2) is 30.1 Å². The molecule has 2 aromatic carbocycles. The maximum atomic E-state index is 13.4. The molecule has 2 aliphatic rings. The van der Waals surface area contributed by atoms with E-state index in [1.54, 1.807) is 12.1 Å². The predicted octanol–water partition coefficient (Wildman–Crippen LogP) is 5.16. The van der Waals surface area contributed by atoms with Crippen LogP contribution in [0, 0.1) is 5.92 Å². The Morgan fingerprint density at radius 1 is 1.24 bits per heavy atom. The van der Waals surface area contributed by atoms with Crippen LogP contribution in [0.2, 0.25) is 0 Å². The minimum absolute atomic E-state index is 0.00972. The lowest BCUT2D eigenvalue weighted by Gasteiger charge is -2.38. The Hall–Kier alpha value is -3.06. The minimum Gasteiger partial charge on any atom is -0.503 e. The molecule has 0 spiro atoms. The van der Waals surface area contributed by atoms with E-state index < -0.39 is 17.8 Å². The minimum atomic E-state index is -0.789. The van der Waals surface area contributed by atoms with Crippen molar-refractivity contribution in [3.8, 4) is 11.5 Å². The monoisotopic (exact) mass is 525 g/mol. The van der Waals surface area contributed by atoms with Gasteiger partial charge < -0.3 is 19.9 Å². The van der Waals surface area contributed by atoms with Crippen molar-refractivity contribution in [3.63, 3.8) is 0 Å². The van der Waals surface area contributed by atoms with Gasteiger partial charge in [0.25, 0.3) is 0 Å². The van der Waals surface area contributed by atoms with E-state index in [1.165, 1.54) is 0 Å². The summed E-state index contributed by atoms with van der Waals surface area (Å²) >= 11 is 3.39. The van der Waals surface area contributed by atoms with Crippen molar-refractivity contribution in [1.82, 2.24) is 5.32 Å². The molecule has 6 nitrogen and oxygen atoms in total. The number of benzene rings is 2. The number of phenolic OH excluding ortho intramolecular Hbond substituents is 1. The van der Waals surface area contributed by atoms with Crippen molar-refractivity contribution in [3.05, 3.63) is 81.6 Å². The zero-order valence-electron chi connectivity index (χ0n) is 19.1. The number of ether oxygens (including phenoxy) is 2. The van der Waals surface area contributed by atoms with Gasteiger partial charge >= 0.3 is 5.97 Å². The topological polar surface area (TPSA) is 84.9 Å². The van der Waals surface area contributed by atoms with Gasteiger partial charge in [-0.1, -0.05) is 36.9 Å². The molecule has 2 atom stereocenters. The zero-order chi connectivity index (χ0) is 24.2. The summed E-state index contributed by atoms with van der Waals surface area (Å²) in [6.45, 7) is 6.53. The second-order valence-electron chi connectivity index (χ2n) is 8.46. The second-order valence-corrected chi connectivity index (χ2v) is 9.31. The molecule has 2 aromatic rings. The summed E-state index contributed by atoms with van der Waals surface area (Å²) < 4.78 is 11.7.